The van der Waals surface area contributed by atoms with Crippen molar-refractivity contribution in [1.29, 1.82) is 0 Å². The van der Waals surface area contributed by atoms with Crippen molar-refractivity contribution in [1.82, 2.24) is 5.43 Å². The van der Waals surface area contributed by atoms with E-state index in [1.54, 1.807) is 6.07 Å². The molecule has 0 heterocycles. The van der Waals surface area contributed by atoms with Crippen molar-refractivity contribution in [3.8, 4) is 0 Å². The van der Waals surface area contributed by atoms with Gasteiger partial charge < -0.3 is 4.74 Å². The topological polar surface area (TPSA) is 47.3 Å². The number of nitrogens with one attached hydrogen (secondary N) is 1. The van der Waals surface area contributed by atoms with E-state index < -0.39 is 0 Å². The molecule has 0 bridgehead atoms. The second-order valence-corrected chi connectivity index (χ2v) is 4.65. The molecule has 0 aromatic heterocycles. The van der Waals surface area contributed by atoms with Gasteiger partial charge in [-0.1, -0.05) is 19.1 Å². The summed E-state index contributed by atoms with van der Waals surface area (Å²) >= 11 is 0. The number of hydrogen-bond donors (Lipinski definition) is 2. The Bertz CT molecular complexity index is 373. The van der Waals surface area contributed by atoms with Crippen LogP contribution in [0, 0.1) is 5.82 Å². The van der Waals surface area contributed by atoms with E-state index in [9.17, 15) is 4.39 Å². The molecule has 0 radical (unpaired) electrons. The summed E-state index contributed by atoms with van der Waals surface area (Å²) in [6.07, 6.45) is 1.48. The van der Waals surface area contributed by atoms with Gasteiger partial charge in [0.05, 0.1) is 11.6 Å². The van der Waals surface area contributed by atoms with E-state index in [0.29, 0.717) is 13.0 Å². The summed E-state index contributed by atoms with van der Waals surface area (Å²) in [5.74, 6) is 5.40. The lowest BCUT2D eigenvalue weighted by molar-refractivity contribution is -0.0551. The van der Waals surface area contributed by atoms with Gasteiger partial charge >= 0.3 is 0 Å². The average Bonchev–Trinajstić information content (AvgIpc) is 2.36. The van der Waals surface area contributed by atoms with E-state index in [2.05, 4.69) is 12.3 Å². The van der Waals surface area contributed by atoms with Crippen LogP contribution >= 0.6 is 0 Å². The van der Waals surface area contributed by atoms with Crippen LogP contribution in [0.5, 0.6) is 0 Å². The third-order valence-electron chi connectivity index (χ3n) is 3.44. The molecule has 3 nitrogen and oxygen atoms in total. The highest BCUT2D eigenvalue weighted by molar-refractivity contribution is 5.18. The Balaban J connectivity index is 2.83. The summed E-state index contributed by atoms with van der Waals surface area (Å²) in [6, 6.07) is 6.53. The van der Waals surface area contributed by atoms with Gasteiger partial charge in [-0.2, -0.15) is 0 Å². The van der Waals surface area contributed by atoms with Gasteiger partial charge in [0.15, 0.2) is 0 Å². The Kier molecular flexibility index (Phi) is 5.72. The first-order valence-corrected chi connectivity index (χ1v) is 6.40. The standard InChI is InChI=1S/C14H23FN2O/c1-4-14(3,18-5-2)13(17-16)10-11-7-6-8-12(15)9-11/h6-9,13,17H,4-5,10,16H2,1-3H3. The second-order valence-electron chi connectivity index (χ2n) is 4.65. The van der Waals surface area contributed by atoms with Gasteiger partial charge in [0.1, 0.15) is 5.82 Å². The van der Waals surface area contributed by atoms with Crippen molar-refractivity contribution in [3.63, 3.8) is 0 Å². The smallest absolute Gasteiger partial charge is 0.123 e. The van der Waals surface area contributed by atoms with Gasteiger partial charge in [-0.3, -0.25) is 11.3 Å². The highest BCUT2D eigenvalue weighted by Gasteiger charge is 2.32. The Labute approximate surface area is 108 Å². The van der Waals surface area contributed by atoms with E-state index in [-0.39, 0.29) is 17.5 Å². The van der Waals surface area contributed by atoms with Gasteiger partial charge in [-0.25, -0.2) is 4.39 Å². The van der Waals surface area contributed by atoms with E-state index in [0.717, 1.165) is 12.0 Å². The fourth-order valence-corrected chi connectivity index (χ4v) is 2.13. The van der Waals surface area contributed by atoms with Crippen molar-refractivity contribution < 1.29 is 9.13 Å². The molecule has 18 heavy (non-hydrogen) atoms. The highest BCUT2D eigenvalue weighted by atomic mass is 19.1. The van der Waals surface area contributed by atoms with Crippen molar-refractivity contribution in [2.75, 3.05) is 6.61 Å². The first-order valence-electron chi connectivity index (χ1n) is 6.40. The minimum Gasteiger partial charge on any atom is -0.374 e. The fourth-order valence-electron chi connectivity index (χ4n) is 2.13. The zero-order valence-corrected chi connectivity index (χ0v) is 11.4. The number of halogens is 1. The quantitative estimate of drug-likeness (QED) is 0.580. The summed E-state index contributed by atoms with van der Waals surface area (Å²) in [5, 5.41) is 0. The molecule has 0 amide bonds. The summed E-state index contributed by atoms with van der Waals surface area (Å²) in [5.41, 5.74) is 3.36. The third kappa shape index (κ3) is 3.77. The zero-order chi connectivity index (χ0) is 13.6. The lowest BCUT2D eigenvalue weighted by Crippen LogP contribution is -2.54. The summed E-state index contributed by atoms with van der Waals surface area (Å²) in [6.45, 7) is 6.68. The molecule has 0 saturated carbocycles. The van der Waals surface area contributed by atoms with Gasteiger partial charge in [0.25, 0.3) is 0 Å². The molecule has 4 heteroatoms. The largest absolute Gasteiger partial charge is 0.374 e. The minimum atomic E-state index is -0.351. The maximum atomic E-state index is 13.2. The van der Waals surface area contributed by atoms with Crippen molar-refractivity contribution in [2.24, 2.45) is 5.84 Å². The maximum absolute atomic E-state index is 13.2. The molecule has 1 aromatic rings. The maximum Gasteiger partial charge on any atom is 0.123 e. The minimum absolute atomic E-state index is 0.0516. The summed E-state index contributed by atoms with van der Waals surface area (Å²) in [4.78, 5) is 0. The number of ether oxygens (including phenoxy) is 1. The molecular weight excluding hydrogens is 231 g/mol. The molecule has 0 saturated heterocycles. The second kappa shape index (κ2) is 6.83. The molecule has 2 unspecified atom stereocenters. The molecule has 102 valence electrons. The van der Waals surface area contributed by atoms with Crippen LogP contribution in [0.1, 0.15) is 32.8 Å². The number of nitrogens with two attached hydrogens (primary N) is 1. The molecule has 1 aromatic carbocycles. The van der Waals surface area contributed by atoms with Crippen molar-refractivity contribution in [2.45, 2.75) is 45.3 Å². The van der Waals surface area contributed by atoms with Gasteiger partial charge in [-0.05, 0) is 44.4 Å². The zero-order valence-electron chi connectivity index (χ0n) is 11.4. The molecule has 3 N–H and O–H groups in total. The molecule has 0 aliphatic rings. The Morgan fingerprint density at radius 2 is 2.17 bits per heavy atom. The van der Waals surface area contributed by atoms with Crippen molar-refractivity contribution >= 4 is 0 Å². The van der Waals surface area contributed by atoms with Gasteiger partial charge in [0.2, 0.25) is 0 Å². The Morgan fingerprint density at radius 1 is 1.44 bits per heavy atom. The van der Waals surface area contributed by atoms with E-state index >= 15 is 0 Å². The molecule has 0 aliphatic carbocycles. The highest BCUT2D eigenvalue weighted by Crippen LogP contribution is 2.23. The molecular formula is C14H23FN2O. The third-order valence-corrected chi connectivity index (χ3v) is 3.44. The number of hydrogen-bond acceptors (Lipinski definition) is 3. The van der Waals surface area contributed by atoms with Crippen LogP contribution in [-0.2, 0) is 11.2 Å². The fraction of sp³-hybridized carbons (Fsp3) is 0.571. The van der Waals surface area contributed by atoms with Crippen LogP contribution in [0.15, 0.2) is 24.3 Å². The molecule has 2 atom stereocenters. The molecule has 0 spiro atoms. The SMILES string of the molecule is CCOC(C)(CC)C(Cc1cccc(F)c1)NN. The Hall–Kier alpha value is -0.970. The molecule has 0 aliphatic heterocycles. The molecule has 1 rings (SSSR count). The monoisotopic (exact) mass is 254 g/mol. The first kappa shape index (κ1) is 15.1. The average molecular weight is 254 g/mol. The number of hydrazine groups is 1. The predicted octanol–water partition coefficient (Wildman–Crippen LogP) is 2.41. The summed E-state index contributed by atoms with van der Waals surface area (Å²) < 4.78 is 19.0. The van der Waals surface area contributed by atoms with E-state index in [1.807, 2.05) is 19.9 Å². The van der Waals surface area contributed by atoms with Crippen LogP contribution in [0.25, 0.3) is 0 Å². The van der Waals surface area contributed by atoms with Gasteiger partial charge in [0, 0.05) is 6.61 Å². The van der Waals surface area contributed by atoms with Crippen LogP contribution in [-0.4, -0.2) is 18.2 Å². The molecule has 0 fully saturated rings. The van der Waals surface area contributed by atoms with Crippen molar-refractivity contribution in [3.05, 3.63) is 35.6 Å². The number of benzene rings is 1. The normalized spacial score (nSPS) is 16.3. The lowest BCUT2D eigenvalue weighted by atomic mass is 9.88. The Morgan fingerprint density at radius 3 is 2.67 bits per heavy atom. The lowest BCUT2D eigenvalue weighted by Gasteiger charge is -2.36. The van der Waals surface area contributed by atoms with E-state index in [4.69, 9.17) is 10.6 Å². The summed E-state index contributed by atoms with van der Waals surface area (Å²) in [7, 11) is 0. The predicted molar refractivity (Wildman–Crippen MR) is 71.5 cm³/mol. The van der Waals surface area contributed by atoms with Gasteiger partial charge in [-0.15, -0.1) is 0 Å². The van der Waals surface area contributed by atoms with Crippen LogP contribution in [0.2, 0.25) is 0 Å². The number of rotatable bonds is 7. The van der Waals surface area contributed by atoms with Crippen LogP contribution < -0.4 is 11.3 Å². The van der Waals surface area contributed by atoms with Crippen LogP contribution in [0.3, 0.4) is 0 Å². The van der Waals surface area contributed by atoms with Crippen LogP contribution in [0.4, 0.5) is 4.39 Å². The van der Waals surface area contributed by atoms with E-state index in [1.165, 1.54) is 12.1 Å². The first-order chi connectivity index (χ1) is 8.55.